The molecule has 7 nitrogen and oxygen atoms in total. The molecule has 144 valence electrons. The van der Waals surface area contributed by atoms with Crippen molar-refractivity contribution in [1.29, 1.82) is 0 Å². The van der Waals surface area contributed by atoms with Crippen LogP contribution in [-0.2, 0) is 4.79 Å². The van der Waals surface area contributed by atoms with Crippen molar-refractivity contribution in [3.8, 4) is 0 Å². The van der Waals surface area contributed by atoms with Crippen molar-refractivity contribution in [3.63, 3.8) is 0 Å². The van der Waals surface area contributed by atoms with Gasteiger partial charge in [0.25, 0.3) is 5.91 Å². The van der Waals surface area contributed by atoms with E-state index in [1.54, 1.807) is 24.5 Å². The SMILES string of the molecule is Cc1n[nH]c(C)c1C(C)N(C)C(=O)C1CCN(C(=O)c2ccncc2)CC1. The minimum Gasteiger partial charge on any atom is -0.339 e. The van der Waals surface area contributed by atoms with Crippen LogP contribution in [0.3, 0.4) is 0 Å². The van der Waals surface area contributed by atoms with E-state index in [1.165, 1.54) is 0 Å². The van der Waals surface area contributed by atoms with Crippen molar-refractivity contribution in [2.45, 2.75) is 39.7 Å². The summed E-state index contributed by atoms with van der Waals surface area (Å²) in [4.78, 5) is 33.1. The lowest BCUT2D eigenvalue weighted by Gasteiger charge is -2.35. The monoisotopic (exact) mass is 369 g/mol. The number of amides is 2. The Kier molecular flexibility index (Phi) is 5.58. The highest BCUT2D eigenvalue weighted by Gasteiger charge is 2.32. The molecule has 0 saturated carbocycles. The topological polar surface area (TPSA) is 82.2 Å². The van der Waals surface area contributed by atoms with E-state index in [4.69, 9.17) is 0 Å². The predicted molar refractivity (Wildman–Crippen MR) is 102 cm³/mol. The van der Waals surface area contributed by atoms with E-state index in [0.29, 0.717) is 31.5 Å². The van der Waals surface area contributed by atoms with E-state index in [2.05, 4.69) is 15.2 Å². The zero-order chi connectivity index (χ0) is 19.6. The molecule has 0 spiro atoms. The summed E-state index contributed by atoms with van der Waals surface area (Å²) in [7, 11) is 1.85. The van der Waals surface area contributed by atoms with Crippen LogP contribution in [0.1, 0.15) is 53.1 Å². The van der Waals surface area contributed by atoms with Crippen LogP contribution in [0.25, 0.3) is 0 Å². The van der Waals surface area contributed by atoms with Gasteiger partial charge >= 0.3 is 0 Å². The molecular weight excluding hydrogens is 342 g/mol. The van der Waals surface area contributed by atoms with Crippen LogP contribution >= 0.6 is 0 Å². The van der Waals surface area contributed by atoms with Gasteiger partial charge in [0.15, 0.2) is 0 Å². The quantitative estimate of drug-likeness (QED) is 0.898. The number of hydrogen-bond donors (Lipinski definition) is 1. The number of aryl methyl sites for hydroxylation is 2. The highest BCUT2D eigenvalue weighted by molar-refractivity contribution is 5.94. The Morgan fingerprint density at radius 3 is 2.41 bits per heavy atom. The molecule has 0 aromatic carbocycles. The molecular formula is C20H27N5O2. The number of aromatic amines is 1. The molecule has 2 aromatic heterocycles. The van der Waals surface area contributed by atoms with Crippen molar-refractivity contribution in [2.75, 3.05) is 20.1 Å². The first kappa shape index (κ1) is 19.1. The highest BCUT2D eigenvalue weighted by atomic mass is 16.2. The Morgan fingerprint density at radius 2 is 1.85 bits per heavy atom. The normalized spacial score (nSPS) is 16.2. The van der Waals surface area contributed by atoms with Gasteiger partial charge in [-0.15, -0.1) is 0 Å². The number of carbonyl (C=O) groups excluding carboxylic acids is 2. The molecule has 3 rings (SSSR count). The van der Waals surface area contributed by atoms with Gasteiger partial charge in [0.1, 0.15) is 0 Å². The molecule has 2 aromatic rings. The maximum Gasteiger partial charge on any atom is 0.253 e. The number of H-pyrrole nitrogens is 1. The van der Waals surface area contributed by atoms with Crippen LogP contribution in [0.4, 0.5) is 0 Å². The van der Waals surface area contributed by atoms with E-state index in [0.717, 1.165) is 17.0 Å². The number of rotatable bonds is 4. The number of nitrogens with zero attached hydrogens (tertiary/aromatic N) is 4. The minimum absolute atomic E-state index is 0.00895. The molecule has 1 atom stereocenters. The van der Waals surface area contributed by atoms with Crippen LogP contribution in [0.5, 0.6) is 0 Å². The predicted octanol–water partition coefficient (Wildman–Crippen LogP) is 2.49. The summed E-state index contributed by atoms with van der Waals surface area (Å²) < 4.78 is 0. The van der Waals surface area contributed by atoms with Gasteiger partial charge in [-0.25, -0.2) is 0 Å². The van der Waals surface area contributed by atoms with Crippen molar-refractivity contribution in [3.05, 3.63) is 47.0 Å². The molecule has 1 unspecified atom stereocenters. The molecule has 7 heteroatoms. The number of hydrogen-bond acceptors (Lipinski definition) is 4. The van der Waals surface area contributed by atoms with E-state index < -0.39 is 0 Å². The van der Waals surface area contributed by atoms with Crippen LogP contribution in [0, 0.1) is 19.8 Å². The van der Waals surface area contributed by atoms with Crippen LogP contribution in [-0.4, -0.2) is 56.9 Å². The summed E-state index contributed by atoms with van der Waals surface area (Å²) in [6.45, 7) is 7.17. The van der Waals surface area contributed by atoms with Gasteiger partial charge in [0.2, 0.25) is 5.91 Å². The van der Waals surface area contributed by atoms with Crippen LogP contribution < -0.4 is 0 Å². The van der Waals surface area contributed by atoms with Gasteiger partial charge in [0.05, 0.1) is 11.7 Å². The average Bonchev–Trinajstić information content (AvgIpc) is 3.04. The first-order valence-corrected chi connectivity index (χ1v) is 9.37. The van der Waals surface area contributed by atoms with Crippen molar-refractivity contribution < 1.29 is 9.59 Å². The third-order valence-electron chi connectivity index (χ3n) is 5.59. The van der Waals surface area contributed by atoms with E-state index in [1.807, 2.05) is 37.6 Å². The molecule has 0 bridgehead atoms. The average molecular weight is 369 g/mol. The molecule has 1 aliphatic rings. The van der Waals surface area contributed by atoms with Crippen molar-refractivity contribution in [2.24, 2.45) is 5.92 Å². The Balaban J connectivity index is 1.60. The summed E-state index contributed by atoms with van der Waals surface area (Å²) in [5, 5.41) is 7.23. The number of likely N-dealkylation sites (tertiary alicyclic amines) is 1. The van der Waals surface area contributed by atoms with Gasteiger partial charge < -0.3 is 9.80 Å². The number of piperidine rings is 1. The van der Waals surface area contributed by atoms with Gasteiger partial charge in [0, 0.05) is 55.3 Å². The molecule has 1 N–H and O–H groups in total. The fourth-order valence-corrected chi connectivity index (χ4v) is 3.85. The van der Waals surface area contributed by atoms with E-state index in [-0.39, 0.29) is 23.8 Å². The first-order chi connectivity index (χ1) is 12.9. The van der Waals surface area contributed by atoms with E-state index in [9.17, 15) is 9.59 Å². The Labute approximate surface area is 159 Å². The lowest BCUT2D eigenvalue weighted by molar-refractivity contribution is -0.137. The Morgan fingerprint density at radius 1 is 1.22 bits per heavy atom. The number of carbonyl (C=O) groups is 2. The molecule has 2 amide bonds. The number of nitrogens with one attached hydrogen (secondary N) is 1. The maximum atomic E-state index is 13.0. The van der Waals surface area contributed by atoms with E-state index >= 15 is 0 Å². The third kappa shape index (κ3) is 3.86. The standard InChI is InChI=1S/C20H27N5O2/c1-13-18(14(2)23-22-13)15(3)24(4)19(26)17-7-11-25(12-8-17)20(27)16-5-9-21-10-6-16/h5-6,9-10,15,17H,7-8,11-12H2,1-4H3,(H,22,23). The fraction of sp³-hybridized carbons (Fsp3) is 0.500. The Bertz CT molecular complexity index is 790. The summed E-state index contributed by atoms with van der Waals surface area (Å²) in [6.07, 6.45) is 4.63. The lowest BCUT2D eigenvalue weighted by Crippen LogP contribution is -2.44. The van der Waals surface area contributed by atoms with Crippen LogP contribution in [0.15, 0.2) is 24.5 Å². The molecule has 1 fully saturated rings. The highest BCUT2D eigenvalue weighted by Crippen LogP contribution is 2.28. The second-order valence-electron chi connectivity index (χ2n) is 7.28. The van der Waals surface area contributed by atoms with Gasteiger partial charge in [-0.1, -0.05) is 0 Å². The maximum absolute atomic E-state index is 13.0. The molecule has 0 radical (unpaired) electrons. The van der Waals surface area contributed by atoms with Crippen molar-refractivity contribution in [1.82, 2.24) is 25.0 Å². The van der Waals surface area contributed by atoms with Gasteiger partial charge in [-0.3, -0.25) is 19.7 Å². The smallest absolute Gasteiger partial charge is 0.253 e. The zero-order valence-electron chi connectivity index (χ0n) is 16.4. The van der Waals surface area contributed by atoms with Crippen LogP contribution in [0.2, 0.25) is 0 Å². The largest absolute Gasteiger partial charge is 0.339 e. The summed E-state index contributed by atoms with van der Waals surface area (Å²) in [5.41, 5.74) is 3.65. The van der Waals surface area contributed by atoms with Crippen molar-refractivity contribution >= 4 is 11.8 Å². The number of aromatic nitrogens is 3. The minimum atomic E-state index is -0.0496. The first-order valence-electron chi connectivity index (χ1n) is 9.37. The Hall–Kier alpha value is -2.70. The van der Waals surface area contributed by atoms with Gasteiger partial charge in [-0.2, -0.15) is 5.10 Å². The second-order valence-corrected chi connectivity index (χ2v) is 7.28. The zero-order valence-corrected chi connectivity index (χ0v) is 16.4. The summed E-state index contributed by atoms with van der Waals surface area (Å²) >= 11 is 0. The second kappa shape index (κ2) is 7.90. The van der Waals surface area contributed by atoms with Gasteiger partial charge in [-0.05, 0) is 45.7 Å². The molecule has 0 aliphatic carbocycles. The molecule has 1 aliphatic heterocycles. The molecule has 27 heavy (non-hydrogen) atoms. The summed E-state index contributed by atoms with van der Waals surface area (Å²) in [5.74, 6) is 0.0969. The molecule has 1 saturated heterocycles. The fourth-order valence-electron chi connectivity index (χ4n) is 3.85. The summed E-state index contributed by atoms with van der Waals surface area (Å²) in [6, 6.07) is 3.42. The lowest BCUT2D eigenvalue weighted by atomic mass is 9.93. The number of pyridine rings is 1. The third-order valence-corrected chi connectivity index (χ3v) is 5.59. The molecule has 3 heterocycles.